The highest BCUT2D eigenvalue weighted by molar-refractivity contribution is 7.80. The molecule has 1 aromatic heterocycles. The molecule has 0 atom stereocenters. The molecular formula is C13H22N4OS2. The van der Waals surface area contributed by atoms with E-state index in [0.29, 0.717) is 22.8 Å². The van der Waals surface area contributed by atoms with Crippen molar-refractivity contribution in [2.75, 3.05) is 6.54 Å². The van der Waals surface area contributed by atoms with Crippen molar-refractivity contribution < 1.29 is 4.79 Å². The highest BCUT2D eigenvalue weighted by Crippen LogP contribution is 2.27. The van der Waals surface area contributed by atoms with Gasteiger partial charge in [-0.3, -0.25) is 4.79 Å². The Morgan fingerprint density at radius 2 is 2.05 bits per heavy atom. The van der Waals surface area contributed by atoms with Crippen molar-refractivity contribution >= 4 is 34.6 Å². The van der Waals surface area contributed by atoms with Crippen LogP contribution in [-0.2, 0) is 5.41 Å². The maximum absolute atomic E-state index is 12.7. The van der Waals surface area contributed by atoms with Gasteiger partial charge < -0.3 is 10.6 Å². The number of aromatic nitrogens is 2. The van der Waals surface area contributed by atoms with Gasteiger partial charge in [0.2, 0.25) is 0 Å². The zero-order valence-electron chi connectivity index (χ0n) is 12.6. The van der Waals surface area contributed by atoms with E-state index in [1.807, 2.05) is 34.6 Å². The Bertz CT molecular complexity index is 491. The Kier molecular flexibility index (Phi) is 5.59. The summed E-state index contributed by atoms with van der Waals surface area (Å²) in [6.07, 6.45) is 0.524. The average molecular weight is 314 g/mol. The Morgan fingerprint density at radius 3 is 2.50 bits per heavy atom. The van der Waals surface area contributed by atoms with Crippen molar-refractivity contribution in [2.24, 2.45) is 5.73 Å². The molecule has 0 aliphatic heterocycles. The Hall–Kier alpha value is -1.08. The largest absolute Gasteiger partial charge is 0.393 e. The normalized spacial score (nSPS) is 11.7. The fraction of sp³-hybridized carbons (Fsp3) is 0.692. The van der Waals surface area contributed by atoms with Gasteiger partial charge in [-0.1, -0.05) is 37.5 Å². The molecule has 1 amide bonds. The van der Waals surface area contributed by atoms with Crippen molar-refractivity contribution in [1.82, 2.24) is 14.5 Å². The highest BCUT2D eigenvalue weighted by Gasteiger charge is 2.29. The fourth-order valence-electron chi connectivity index (χ4n) is 1.78. The predicted molar refractivity (Wildman–Crippen MR) is 86.2 cm³/mol. The summed E-state index contributed by atoms with van der Waals surface area (Å²) in [6, 6.07) is 0.0757. The molecule has 0 saturated carbocycles. The van der Waals surface area contributed by atoms with E-state index in [0.717, 1.165) is 17.2 Å². The van der Waals surface area contributed by atoms with Gasteiger partial charge in [0.15, 0.2) is 0 Å². The lowest BCUT2D eigenvalue weighted by molar-refractivity contribution is 0.0714. The molecule has 0 aliphatic carbocycles. The first-order valence-corrected chi connectivity index (χ1v) is 7.75. The maximum Gasteiger partial charge on any atom is 0.267 e. The van der Waals surface area contributed by atoms with E-state index in [-0.39, 0.29) is 17.4 Å². The zero-order chi connectivity index (χ0) is 15.5. The van der Waals surface area contributed by atoms with Gasteiger partial charge in [0.25, 0.3) is 5.91 Å². The predicted octanol–water partition coefficient (Wildman–Crippen LogP) is 2.36. The Balaban J connectivity index is 3.02. The summed E-state index contributed by atoms with van der Waals surface area (Å²) in [5, 5.41) is 4.12. The van der Waals surface area contributed by atoms with E-state index in [2.05, 4.69) is 9.59 Å². The minimum atomic E-state index is -0.205. The number of amides is 1. The van der Waals surface area contributed by atoms with Crippen molar-refractivity contribution in [3.05, 3.63) is 10.6 Å². The molecule has 0 saturated heterocycles. The second kappa shape index (κ2) is 6.58. The molecule has 5 nitrogen and oxygen atoms in total. The van der Waals surface area contributed by atoms with Gasteiger partial charge in [0.1, 0.15) is 4.88 Å². The molecule has 20 heavy (non-hydrogen) atoms. The molecule has 1 heterocycles. The van der Waals surface area contributed by atoms with Gasteiger partial charge in [-0.05, 0) is 25.4 Å². The van der Waals surface area contributed by atoms with Crippen LogP contribution in [0.4, 0.5) is 0 Å². The first-order valence-electron chi connectivity index (χ1n) is 6.56. The number of thiocarbonyl (C=S) groups is 1. The Morgan fingerprint density at radius 1 is 1.45 bits per heavy atom. The van der Waals surface area contributed by atoms with Gasteiger partial charge in [-0.25, -0.2) is 0 Å². The molecule has 0 aliphatic rings. The number of hydrogen-bond donors (Lipinski definition) is 1. The van der Waals surface area contributed by atoms with Crippen molar-refractivity contribution in [1.29, 1.82) is 0 Å². The third-order valence-electron chi connectivity index (χ3n) is 2.88. The summed E-state index contributed by atoms with van der Waals surface area (Å²) >= 11 is 6.04. The number of nitrogens with two attached hydrogens (primary N) is 1. The maximum atomic E-state index is 12.7. The second-order valence-electron chi connectivity index (χ2n) is 6.01. The van der Waals surface area contributed by atoms with E-state index in [4.69, 9.17) is 18.0 Å². The van der Waals surface area contributed by atoms with Crippen LogP contribution in [0.5, 0.6) is 0 Å². The van der Waals surface area contributed by atoms with E-state index < -0.39 is 0 Å². The lowest BCUT2D eigenvalue weighted by atomic mass is 9.91. The van der Waals surface area contributed by atoms with Crippen LogP contribution in [0.3, 0.4) is 0 Å². The zero-order valence-corrected chi connectivity index (χ0v) is 14.3. The van der Waals surface area contributed by atoms with Crippen LogP contribution in [0.15, 0.2) is 0 Å². The molecule has 0 aromatic carbocycles. The number of nitrogens with zero attached hydrogens (tertiary/aromatic N) is 3. The molecule has 1 rings (SSSR count). The molecule has 7 heteroatoms. The van der Waals surface area contributed by atoms with Crippen LogP contribution in [0.25, 0.3) is 0 Å². The number of carbonyl (C=O) groups excluding carboxylic acids is 1. The van der Waals surface area contributed by atoms with Gasteiger partial charge in [0, 0.05) is 24.4 Å². The second-order valence-corrected chi connectivity index (χ2v) is 7.29. The molecule has 1 aromatic rings. The topological polar surface area (TPSA) is 72.1 Å². The lowest BCUT2D eigenvalue weighted by Gasteiger charge is -2.27. The van der Waals surface area contributed by atoms with Crippen LogP contribution in [0.2, 0.25) is 0 Å². The summed E-state index contributed by atoms with van der Waals surface area (Å²) in [7, 11) is 0. The number of hydrogen-bond acceptors (Lipinski definition) is 5. The van der Waals surface area contributed by atoms with Gasteiger partial charge in [-0.2, -0.15) is 0 Å². The molecule has 0 bridgehead atoms. The van der Waals surface area contributed by atoms with Crippen molar-refractivity contribution in [3.63, 3.8) is 0 Å². The average Bonchev–Trinajstić information content (AvgIpc) is 2.76. The third kappa shape index (κ3) is 4.21. The summed E-state index contributed by atoms with van der Waals surface area (Å²) in [6.45, 7) is 10.5. The van der Waals surface area contributed by atoms with E-state index in [9.17, 15) is 4.79 Å². The minimum absolute atomic E-state index is 0.0452. The first kappa shape index (κ1) is 17.0. The van der Waals surface area contributed by atoms with E-state index in [1.54, 1.807) is 4.90 Å². The standard InChI is InChI=1S/C13H22N4OS2/c1-8(2)17(7-6-9(14)19)12(18)10-11(13(3,4)5)15-16-20-10/h8H,6-7H2,1-5H3,(H2,14,19). The van der Waals surface area contributed by atoms with Crippen molar-refractivity contribution in [2.45, 2.75) is 52.5 Å². The van der Waals surface area contributed by atoms with Gasteiger partial charge in [-0.15, -0.1) is 5.10 Å². The summed E-state index contributed by atoms with van der Waals surface area (Å²) in [4.78, 5) is 15.5. The van der Waals surface area contributed by atoms with Crippen LogP contribution in [-0.4, -0.2) is 38.0 Å². The molecular weight excluding hydrogens is 292 g/mol. The minimum Gasteiger partial charge on any atom is -0.393 e. The van der Waals surface area contributed by atoms with Crippen LogP contribution in [0, 0.1) is 0 Å². The quantitative estimate of drug-likeness (QED) is 0.845. The monoisotopic (exact) mass is 314 g/mol. The SMILES string of the molecule is CC(C)N(CCC(N)=S)C(=O)c1snnc1C(C)(C)C. The third-order valence-corrected chi connectivity index (χ3v) is 3.79. The summed E-state index contributed by atoms with van der Waals surface area (Å²) in [5.41, 5.74) is 6.07. The van der Waals surface area contributed by atoms with Crippen molar-refractivity contribution in [3.8, 4) is 0 Å². The molecule has 0 radical (unpaired) electrons. The van der Waals surface area contributed by atoms with E-state index >= 15 is 0 Å². The first-order chi connectivity index (χ1) is 9.14. The van der Waals surface area contributed by atoms with Crippen LogP contribution in [0.1, 0.15) is 56.4 Å². The molecule has 112 valence electrons. The highest BCUT2D eigenvalue weighted by atomic mass is 32.1. The van der Waals surface area contributed by atoms with Crippen LogP contribution >= 0.6 is 23.8 Å². The molecule has 0 unspecified atom stereocenters. The fourth-order valence-corrected chi connectivity index (χ4v) is 2.70. The van der Waals surface area contributed by atoms with Gasteiger partial charge in [0.05, 0.1) is 10.7 Å². The molecule has 2 N–H and O–H groups in total. The molecule has 0 fully saturated rings. The summed E-state index contributed by atoms with van der Waals surface area (Å²) in [5.74, 6) is -0.0452. The van der Waals surface area contributed by atoms with Gasteiger partial charge >= 0.3 is 0 Å². The Labute approximate surface area is 129 Å². The summed E-state index contributed by atoms with van der Waals surface area (Å²) < 4.78 is 3.94. The number of carbonyl (C=O) groups is 1. The number of rotatable bonds is 5. The van der Waals surface area contributed by atoms with Crippen LogP contribution < -0.4 is 5.73 Å². The molecule has 0 spiro atoms. The van der Waals surface area contributed by atoms with E-state index in [1.165, 1.54) is 0 Å². The lowest BCUT2D eigenvalue weighted by Crippen LogP contribution is -2.39. The smallest absolute Gasteiger partial charge is 0.267 e.